The maximum atomic E-state index is 4.25. The van der Waals surface area contributed by atoms with Crippen LogP contribution in [0, 0.1) is 5.92 Å². The van der Waals surface area contributed by atoms with Crippen molar-refractivity contribution < 1.29 is 0 Å². The number of rotatable bonds is 1. The quantitative estimate of drug-likeness (QED) is 0.717. The Morgan fingerprint density at radius 1 is 1.57 bits per heavy atom. The number of halogens is 1. The zero-order chi connectivity index (χ0) is 9.97. The van der Waals surface area contributed by atoms with Crippen molar-refractivity contribution in [2.45, 2.75) is 19.8 Å². The third-order valence-corrected chi connectivity index (χ3v) is 3.35. The molecule has 0 aromatic carbocycles. The zero-order valence-corrected chi connectivity index (χ0v) is 10.00. The van der Waals surface area contributed by atoms with Gasteiger partial charge in [0, 0.05) is 19.3 Å². The normalized spacial score (nSPS) is 22.4. The molecule has 0 spiro atoms. The zero-order valence-electron chi connectivity index (χ0n) is 8.41. The van der Waals surface area contributed by atoms with E-state index in [0.29, 0.717) is 0 Å². The van der Waals surface area contributed by atoms with Crippen LogP contribution in [0.15, 0.2) is 22.9 Å². The first-order chi connectivity index (χ1) is 6.77. The van der Waals surface area contributed by atoms with Gasteiger partial charge in [-0.05, 0) is 46.8 Å². The molecule has 0 N–H and O–H groups in total. The topological polar surface area (TPSA) is 16.1 Å². The summed E-state index contributed by atoms with van der Waals surface area (Å²) in [6.45, 7) is 4.63. The Balaban J connectivity index is 2.18. The molecule has 0 aliphatic carbocycles. The first-order valence-corrected chi connectivity index (χ1v) is 5.92. The molecule has 0 saturated carbocycles. The van der Waals surface area contributed by atoms with Crippen LogP contribution < -0.4 is 4.90 Å². The largest absolute Gasteiger partial charge is 0.369 e. The molecule has 1 aliphatic rings. The van der Waals surface area contributed by atoms with E-state index in [0.717, 1.165) is 23.6 Å². The minimum atomic E-state index is 0.802. The Kier molecular flexibility index (Phi) is 3.06. The predicted molar refractivity (Wildman–Crippen MR) is 62.5 cm³/mol. The van der Waals surface area contributed by atoms with Crippen LogP contribution in [-0.2, 0) is 0 Å². The summed E-state index contributed by atoms with van der Waals surface area (Å²) in [5, 5.41) is 0. The van der Waals surface area contributed by atoms with Gasteiger partial charge in [-0.2, -0.15) is 0 Å². The van der Waals surface area contributed by atoms with E-state index < -0.39 is 0 Å². The molecular formula is C11H15BrN2. The molecule has 1 aliphatic heterocycles. The van der Waals surface area contributed by atoms with Crippen LogP contribution in [0.1, 0.15) is 19.8 Å². The molecule has 1 aromatic rings. The Morgan fingerprint density at radius 2 is 2.43 bits per heavy atom. The van der Waals surface area contributed by atoms with E-state index in [9.17, 15) is 0 Å². The minimum absolute atomic E-state index is 0.802. The van der Waals surface area contributed by atoms with Gasteiger partial charge in [0.2, 0.25) is 0 Å². The summed E-state index contributed by atoms with van der Waals surface area (Å²) in [4.78, 5) is 6.68. The molecule has 3 heteroatoms. The molecule has 1 aromatic heterocycles. The van der Waals surface area contributed by atoms with E-state index in [2.05, 4.69) is 38.8 Å². The van der Waals surface area contributed by atoms with E-state index in [-0.39, 0.29) is 0 Å². The Hall–Kier alpha value is -0.570. The standard InChI is InChI=1S/C11H15BrN2/c1-9-4-3-7-14(8-9)10-5-2-6-13-11(10)12/h2,5-6,9H,3-4,7-8H2,1H3. The summed E-state index contributed by atoms with van der Waals surface area (Å²) in [6.07, 6.45) is 4.47. The monoisotopic (exact) mass is 254 g/mol. The predicted octanol–water partition coefficient (Wildman–Crippen LogP) is 3.08. The van der Waals surface area contributed by atoms with Crippen LogP contribution in [-0.4, -0.2) is 18.1 Å². The van der Waals surface area contributed by atoms with Crippen LogP contribution in [0.3, 0.4) is 0 Å². The molecule has 14 heavy (non-hydrogen) atoms. The third kappa shape index (κ3) is 2.08. The molecule has 2 nitrogen and oxygen atoms in total. The number of piperidine rings is 1. The minimum Gasteiger partial charge on any atom is -0.369 e. The smallest absolute Gasteiger partial charge is 0.129 e. The number of pyridine rings is 1. The van der Waals surface area contributed by atoms with Crippen molar-refractivity contribution in [2.75, 3.05) is 18.0 Å². The fraction of sp³-hybridized carbons (Fsp3) is 0.545. The van der Waals surface area contributed by atoms with Gasteiger partial charge in [-0.1, -0.05) is 6.92 Å². The van der Waals surface area contributed by atoms with Crippen LogP contribution >= 0.6 is 15.9 Å². The van der Waals surface area contributed by atoms with Gasteiger partial charge in [0.15, 0.2) is 0 Å². The fourth-order valence-corrected chi connectivity index (χ4v) is 2.52. The number of hydrogen-bond acceptors (Lipinski definition) is 2. The van der Waals surface area contributed by atoms with Crippen LogP contribution in [0.5, 0.6) is 0 Å². The summed E-state index contributed by atoms with van der Waals surface area (Å²) in [5.74, 6) is 0.802. The molecule has 1 fully saturated rings. The number of aromatic nitrogens is 1. The van der Waals surface area contributed by atoms with Gasteiger partial charge in [-0.25, -0.2) is 4.98 Å². The van der Waals surface area contributed by atoms with E-state index >= 15 is 0 Å². The third-order valence-electron chi connectivity index (χ3n) is 2.74. The number of anilines is 1. The van der Waals surface area contributed by atoms with Gasteiger partial charge < -0.3 is 4.90 Å². The van der Waals surface area contributed by atoms with Crippen LogP contribution in [0.25, 0.3) is 0 Å². The van der Waals surface area contributed by atoms with E-state index in [1.165, 1.54) is 18.5 Å². The SMILES string of the molecule is CC1CCCN(c2cccnc2Br)C1. The molecular weight excluding hydrogens is 240 g/mol. The number of nitrogens with zero attached hydrogens (tertiary/aromatic N) is 2. The average molecular weight is 255 g/mol. The molecule has 1 atom stereocenters. The first-order valence-electron chi connectivity index (χ1n) is 5.13. The lowest BCUT2D eigenvalue weighted by Crippen LogP contribution is -2.34. The Morgan fingerprint density at radius 3 is 3.14 bits per heavy atom. The van der Waals surface area contributed by atoms with E-state index in [1.54, 1.807) is 0 Å². The second kappa shape index (κ2) is 4.30. The molecule has 76 valence electrons. The van der Waals surface area contributed by atoms with Crippen molar-refractivity contribution in [3.05, 3.63) is 22.9 Å². The highest BCUT2D eigenvalue weighted by molar-refractivity contribution is 9.10. The first kappa shape index (κ1) is 9.97. The summed E-state index contributed by atoms with van der Waals surface area (Å²) < 4.78 is 0.967. The van der Waals surface area contributed by atoms with Gasteiger partial charge in [0.1, 0.15) is 4.60 Å². The molecule has 2 heterocycles. The van der Waals surface area contributed by atoms with Crippen molar-refractivity contribution in [1.82, 2.24) is 4.98 Å². The van der Waals surface area contributed by atoms with Crippen molar-refractivity contribution >= 4 is 21.6 Å². The lowest BCUT2D eigenvalue weighted by Gasteiger charge is -2.33. The highest BCUT2D eigenvalue weighted by atomic mass is 79.9. The van der Waals surface area contributed by atoms with Gasteiger partial charge >= 0.3 is 0 Å². The van der Waals surface area contributed by atoms with E-state index in [4.69, 9.17) is 0 Å². The van der Waals surface area contributed by atoms with Crippen LogP contribution in [0.4, 0.5) is 5.69 Å². The molecule has 0 bridgehead atoms. The van der Waals surface area contributed by atoms with Crippen molar-refractivity contribution in [3.8, 4) is 0 Å². The lowest BCUT2D eigenvalue weighted by molar-refractivity contribution is 0.446. The molecule has 2 rings (SSSR count). The summed E-state index contributed by atoms with van der Waals surface area (Å²) in [6, 6.07) is 4.13. The maximum absolute atomic E-state index is 4.25. The highest BCUT2D eigenvalue weighted by Gasteiger charge is 2.18. The Labute approximate surface area is 93.5 Å². The van der Waals surface area contributed by atoms with Crippen molar-refractivity contribution in [3.63, 3.8) is 0 Å². The maximum Gasteiger partial charge on any atom is 0.129 e. The lowest BCUT2D eigenvalue weighted by atomic mass is 10.00. The van der Waals surface area contributed by atoms with Crippen molar-refractivity contribution in [1.29, 1.82) is 0 Å². The molecule has 0 amide bonds. The highest BCUT2D eigenvalue weighted by Crippen LogP contribution is 2.27. The van der Waals surface area contributed by atoms with Gasteiger partial charge in [0.05, 0.1) is 5.69 Å². The van der Waals surface area contributed by atoms with Gasteiger partial charge in [-0.3, -0.25) is 0 Å². The Bertz CT molecular complexity index is 314. The summed E-state index contributed by atoms with van der Waals surface area (Å²) in [5.41, 5.74) is 1.24. The van der Waals surface area contributed by atoms with Gasteiger partial charge in [0.25, 0.3) is 0 Å². The second-order valence-corrected chi connectivity index (χ2v) is 4.76. The molecule has 0 radical (unpaired) electrons. The average Bonchev–Trinajstić information content (AvgIpc) is 2.18. The van der Waals surface area contributed by atoms with Gasteiger partial charge in [-0.15, -0.1) is 0 Å². The summed E-state index contributed by atoms with van der Waals surface area (Å²) in [7, 11) is 0. The molecule has 1 saturated heterocycles. The molecule has 1 unspecified atom stereocenters. The summed E-state index contributed by atoms with van der Waals surface area (Å²) >= 11 is 3.50. The fourth-order valence-electron chi connectivity index (χ4n) is 2.02. The van der Waals surface area contributed by atoms with Crippen LogP contribution in [0.2, 0.25) is 0 Å². The van der Waals surface area contributed by atoms with E-state index in [1.807, 2.05) is 12.3 Å². The number of hydrogen-bond donors (Lipinski definition) is 0. The second-order valence-electron chi connectivity index (χ2n) is 4.01. The van der Waals surface area contributed by atoms with Crippen molar-refractivity contribution in [2.24, 2.45) is 5.92 Å².